The van der Waals surface area contributed by atoms with Gasteiger partial charge in [-0.2, -0.15) is 0 Å². The monoisotopic (exact) mass is 160 g/mol. The van der Waals surface area contributed by atoms with E-state index in [-0.39, 0.29) is 0 Å². The van der Waals surface area contributed by atoms with Gasteiger partial charge in [0.2, 0.25) is 0 Å². The summed E-state index contributed by atoms with van der Waals surface area (Å²) in [5, 5.41) is 0. The van der Waals surface area contributed by atoms with Gasteiger partial charge in [-0.25, -0.2) is 0 Å². The standard InChI is InChI=1S/C12H16/c1-10(12(2)8-9-12)11-6-4-3-5-7-11/h3-7,10H,8-9H2,1-2H3. The molecule has 64 valence electrons. The maximum absolute atomic E-state index is 2.39. The van der Waals surface area contributed by atoms with Crippen LogP contribution < -0.4 is 0 Å². The lowest BCUT2D eigenvalue weighted by molar-refractivity contribution is 0.469. The molecular formula is C12H16. The second-order valence-electron chi connectivity index (χ2n) is 4.29. The van der Waals surface area contributed by atoms with Crippen LogP contribution in [0.1, 0.15) is 38.2 Å². The van der Waals surface area contributed by atoms with Crippen molar-refractivity contribution in [1.29, 1.82) is 0 Å². The van der Waals surface area contributed by atoms with E-state index in [0.29, 0.717) is 5.41 Å². The first kappa shape index (κ1) is 7.85. The molecule has 1 aromatic rings. The van der Waals surface area contributed by atoms with E-state index in [9.17, 15) is 0 Å². The molecule has 0 saturated heterocycles. The molecule has 1 fully saturated rings. The van der Waals surface area contributed by atoms with Crippen LogP contribution in [0.5, 0.6) is 0 Å². The minimum atomic E-state index is 0.612. The molecule has 0 heterocycles. The highest BCUT2D eigenvalue weighted by Crippen LogP contribution is 2.55. The predicted molar refractivity (Wildman–Crippen MR) is 52.2 cm³/mol. The van der Waals surface area contributed by atoms with Gasteiger partial charge >= 0.3 is 0 Å². The molecule has 0 aromatic heterocycles. The van der Waals surface area contributed by atoms with Crippen molar-refractivity contribution in [2.75, 3.05) is 0 Å². The molecule has 0 N–H and O–H groups in total. The molecule has 0 heteroatoms. The maximum atomic E-state index is 2.39. The van der Waals surface area contributed by atoms with Gasteiger partial charge in [0.05, 0.1) is 0 Å². The van der Waals surface area contributed by atoms with E-state index in [1.807, 2.05) is 0 Å². The van der Waals surface area contributed by atoms with E-state index in [1.165, 1.54) is 18.4 Å². The Labute approximate surface area is 74.6 Å². The van der Waals surface area contributed by atoms with Crippen molar-refractivity contribution in [2.24, 2.45) is 5.41 Å². The zero-order valence-electron chi connectivity index (χ0n) is 7.88. The summed E-state index contributed by atoms with van der Waals surface area (Å²) in [4.78, 5) is 0. The van der Waals surface area contributed by atoms with Gasteiger partial charge in [-0.15, -0.1) is 0 Å². The van der Waals surface area contributed by atoms with Crippen LogP contribution in [-0.2, 0) is 0 Å². The van der Waals surface area contributed by atoms with Crippen LogP contribution in [0.3, 0.4) is 0 Å². The van der Waals surface area contributed by atoms with Crippen LogP contribution in [0.2, 0.25) is 0 Å². The molecule has 1 saturated carbocycles. The van der Waals surface area contributed by atoms with Crippen LogP contribution in [0.4, 0.5) is 0 Å². The van der Waals surface area contributed by atoms with E-state index in [1.54, 1.807) is 0 Å². The first-order chi connectivity index (χ1) is 5.72. The normalized spacial score (nSPS) is 21.8. The summed E-state index contributed by atoms with van der Waals surface area (Å²) in [7, 11) is 0. The van der Waals surface area contributed by atoms with Crippen molar-refractivity contribution in [3.8, 4) is 0 Å². The maximum Gasteiger partial charge on any atom is -0.0136 e. The van der Waals surface area contributed by atoms with Crippen LogP contribution in [-0.4, -0.2) is 0 Å². The largest absolute Gasteiger partial charge is 0.0622 e. The zero-order valence-corrected chi connectivity index (χ0v) is 7.88. The minimum Gasteiger partial charge on any atom is -0.0622 e. The molecule has 0 aliphatic heterocycles. The third kappa shape index (κ3) is 1.26. The molecule has 0 bridgehead atoms. The molecule has 2 rings (SSSR count). The molecular weight excluding hydrogens is 144 g/mol. The Morgan fingerprint density at radius 2 is 1.75 bits per heavy atom. The minimum absolute atomic E-state index is 0.612. The summed E-state index contributed by atoms with van der Waals surface area (Å²) in [5.74, 6) is 0.735. The lowest BCUT2D eigenvalue weighted by Crippen LogP contribution is -2.05. The fourth-order valence-corrected chi connectivity index (χ4v) is 1.77. The second kappa shape index (κ2) is 2.62. The van der Waals surface area contributed by atoms with Gasteiger partial charge in [0, 0.05) is 0 Å². The Balaban J connectivity index is 2.20. The van der Waals surface area contributed by atoms with Crippen molar-refractivity contribution in [2.45, 2.75) is 32.6 Å². The topological polar surface area (TPSA) is 0 Å². The average molecular weight is 160 g/mol. The van der Waals surface area contributed by atoms with E-state index >= 15 is 0 Å². The van der Waals surface area contributed by atoms with Crippen molar-refractivity contribution in [3.63, 3.8) is 0 Å². The smallest absolute Gasteiger partial charge is 0.0136 e. The molecule has 0 amide bonds. The summed E-state index contributed by atoms with van der Waals surface area (Å²) in [5.41, 5.74) is 2.11. The molecule has 1 aliphatic rings. The van der Waals surface area contributed by atoms with Crippen LogP contribution >= 0.6 is 0 Å². The number of benzene rings is 1. The van der Waals surface area contributed by atoms with Crippen LogP contribution in [0.15, 0.2) is 30.3 Å². The Kier molecular flexibility index (Phi) is 1.71. The molecule has 1 unspecified atom stereocenters. The summed E-state index contributed by atoms with van der Waals surface area (Å²) < 4.78 is 0. The zero-order chi connectivity index (χ0) is 8.60. The Hall–Kier alpha value is -0.780. The number of hydrogen-bond acceptors (Lipinski definition) is 0. The van der Waals surface area contributed by atoms with E-state index < -0.39 is 0 Å². The highest BCUT2D eigenvalue weighted by molar-refractivity contribution is 5.23. The molecule has 0 nitrogen and oxygen atoms in total. The van der Waals surface area contributed by atoms with Gasteiger partial charge in [0.25, 0.3) is 0 Å². The van der Waals surface area contributed by atoms with Crippen molar-refractivity contribution in [1.82, 2.24) is 0 Å². The van der Waals surface area contributed by atoms with Gasteiger partial charge in [-0.05, 0) is 29.7 Å². The molecule has 12 heavy (non-hydrogen) atoms. The number of rotatable bonds is 2. The Morgan fingerprint density at radius 3 is 2.25 bits per heavy atom. The molecule has 1 aliphatic carbocycles. The van der Waals surface area contributed by atoms with Crippen molar-refractivity contribution >= 4 is 0 Å². The lowest BCUT2D eigenvalue weighted by Gasteiger charge is -2.18. The summed E-state index contributed by atoms with van der Waals surface area (Å²) >= 11 is 0. The Bertz CT molecular complexity index is 257. The first-order valence-corrected chi connectivity index (χ1v) is 4.77. The van der Waals surface area contributed by atoms with Gasteiger partial charge in [0.15, 0.2) is 0 Å². The highest BCUT2D eigenvalue weighted by Gasteiger charge is 2.42. The molecule has 1 atom stereocenters. The molecule has 1 aromatic carbocycles. The van der Waals surface area contributed by atoms with Gasteiger partial charge in [-0.3, -0.25) is 0 Å². The predicted octanol–water partition coefficient (Wildman–Crippen LogP) is 3.59. The molecule has 0 spiro atoms. The lowest BCUT2D eigenvalue weighted by atomic mass is 9.86. The van der Waals surface area contributed by atoms with Gasteiger partial charge in [0.1, 0.15) is 0 Å². The fraction of sp³-hybridized carbons (Fsp3) is 0.500. The first-order valence-electron chi connectivity index (χ1n) is 4.77. The highest BCUT2D eigenvalue weighted by atomic mass is 14.5. The van der Waals surface area contributed by atoms with Crippen molar-refractivity contribution in [3.05, 3.63) is 35.9 Å². The fourth-order valence-electron chi connectivity index (χ4n) is 1.77. The summed E-state index contributed by atoms with van der Waals surface area (Å²) in [6, 6.07) is 10.9. The third-order valence-electron chi connectivity index (χ3n) is 3.38. The third-order valence-corrected chi connectivity index (χ3v) is 3.38. The Morgan fingerprint density at radius 1 is 1.17 bits per heavy atom. The van der Waals surface area contributed by atoms with Gasteiger partial charge in [-0.1, -0.05) is 44.2 Å². The average Bonchev–Trinajstić information content (AvgIpc) is 2.85. The van der Waals surface area contributed by atoms with Crippen LogP contribution in [0.25, 0.3) is 0 Å². The van der Waals surface area contributed by atoms with Crippen molar-refractivity contribution < 1.29 is 0 Å². The number of hydrogen-bond donors (Lipinski definition) is 0. The second-order valence-corrected chi connectivity index (χ2v) is 4.29. The summed E-state index contributed by atoms with van der Waals surface area (Å²) in [6.45, 7) is 4.74. The molecule has 0 radical (unpaired) electrons. The SMILES string of the molecule is CC(c1ccccc1)C1(C)CC1. The van der Waals surface area contributed by atoms with E-state index in [0.717, 1.165) is 5.92 Å². The summed E-state index contributed by atoms with van der Waals surface area (Å²) in [6.07, 6.45) is 2.81. The van der Waals surface area contributed by atoms with Crippen LogP contribution in [0, 0.1) is 5.41 Å². The quantitative estimate of drug-likeness (QED) is 0.620. The van der Waals surface area contributed by atoms with E-state index in [2.05, 4.69) is 44.2 Å². The van der Waals surface area contributed by atoms with Gasteiger partial charge < -0.3 is 0 Å². The van der Waals surface area contributed by atoms with E-state index in [4.69, 9.17) is 0 Å².